The molecule has 27 heavy (non-hydrogen) atoms. The highest BCUT2D eigenvalue weighted by molar-refractivity contribution is 7.13. The predicted molar refractivity (Wildman–Crippen MR) is 107 cm³/mol. The van der Waals surface area contributed by atoms with Crippen LogP contribution in [0.5, 0.6) is 0 Å². The number of amides is 1. The Balaban J connectivity index is 1.78. The minimum atomic E-state index is -0.718. The van der Waals surface area contributed by atoms with Gasteiger partial charge in [-0.3, -0.25) is 9.89 Å². The molecule has 6 nitrogen and oxygen atoms in total. The molecule has 0 aliphatic carbocycles. The average molecular weight is 377 g/mol. The third-order valence-electron chi connectivity index (χ3n) is 4.82. The van der Waals surface area contributed by atoms with Crippen LogP contribution < -0.4 is 5.32 Å². The van der Waals surface area contributed by atoms with Gasteiger partial charge in [0.1, 0.15) is 5.51 Å². The molecule has 1 atom stereocenters. The van der Waals surface area contributed by atoms with E-state index >= 15 is 0 Å². The number of anilines is 1. The summed E-state index contributed by atoms with van der Waals surface area (Å²) >= 11 is 1.31. The van der Waals surface area contributed by atoms with Crippen LogP contribution in [0.4, 0.5) is 5.13 Å². The number of benzene rings is 2. The maximum atomic E-state index is 13.1. The highest BCUT2D eigenvalue weighted by Gasteiger charge is 2.39. The number of aromatic amines is 1. The first-order valence-corrected chi connectivity index (χ1v) is 9.49. The third kappa shape index (κ3) is 3.33. The Morgan fingerprint density at radius 1 is 1.15 bits per heavy atom. The Hall–Kier alpha value is -3.06. The molecule has 0 aliphatic heterocycles. The second kappa shape index (κ2) is 6.92. The van der Waals surface area contributed by atoms with Gasteiger partial charge in [0.15, 0.2) is 0 Å². The van der Waals surface area contributed by atoms with Crippen molar-refractivity contribution in [3.8, 4) is 0 Å². The fourth-order valence-electron chi connectivity index (χ4n) is 3.43. The second-order valence-electron chi connectivity index (χ2n) is 6.98. The quantitative estimate of drug-likeness (QED) is 0.546. The molecular formula is C20H19N5OS. The molecule has 1 amide bonds. The van der Waals surface area contributed by atoms with E-state index in [0.29, 0.717) is 5.13 Å². The molecular weight excluding hydrogens is 358 g/mol. The van der Waals surface area contributed by atoms with Gasteiger partial charge in [0.2, 0.25) is 11.0 Å². The summed E-state index contributed by atoms with van der Waals surface area (Å²) in [6, 6.07) is 16.2. The number of carbonyl (C=O) groups is 1. The molecule has 0 bridgehead atoms. The van der Waals surface area contributed by atoms with Crippen LogP contribution in [0.15, 0.2) is 60.2 Å². The SMILES string of the molecule is CC(C)(C(=O)Nc1nncs1)[C@H](c1ccccc1)c1ccc2[nH]ncc2c1. The van der Waals surface area contributed by atoms with Crippen LogP contribution in [-0.2, 0) is 4.79 Å². The molecule has 2 aromatic heterocycles. The lowest BCUT2D eigenvalue weighted by atomic mass is 9.70. The van der Waals surface area contributed by atoms with Gasteiger partial charge >= 0.3 is 0 Å². The van der Waals surface area contributed by atoms with Gasteiger partial charge in [-0.15, -0.1) is 10.2 Å². The van der Waals surface area contributed by atoms with Crippen molar-refractivity contribution in [3.05, 3.63) is 71.4 Å². The molecule has 0 fully saturated rings. The topological polar surface area (TPSA) is 83.6 Å². The molecule has 4 rings (SSSR count). The Morgan fingerprint density at radius 3 is 2.70 bits per heavy atom. The van der Waals surface area contributed by atoms with E-state index in [0.717, 1.165) is 22.0 Å². The maximum Gasteiger partial charge on any atom is 0.232 e. The number of H-pyrrole nitrogens is 1. The summed E-state index contributed by atoms with van der Waals surface area (Å²) in [5.41, 5.74) is 4.00. The summed E-state index contributed by atoms with van der Waals surface area (Å²) in [6.45, 7) is 3.92. The highest BCUT2D eigenvalue weighted by atomic mass is 32.1. The molecule has 0 spiro atoms. The number of rotatable bonds is 5. The van der Waals surface area contributed by atoms with Crippen LogP contribution in [-0.4, -0.2) is 26.3 Å². The van der Waals surface area contributed by atoms with Gasteiger partial charge in [-0.05, 0) is 23.3 Å². The maximum absolute atomic E-state index is 13.1. The minimum absolute atomic E-state index is 0.0969. The first-order valence-electron chi connectivity index (χ1n) is 8.61. The van der Waals surface area contributed by atoms with Crippen molar-refractivity contribution >= 4 is 33.3 Å². The molecule has 0 saturated carbocycles. The molecule has 0 saturated heterocycles. The Kier molecular flexibility index (Phi) is 4.45. The first-order chi connectivity index (χ1) is 13.1. The lowest BCUT2D eigenvalue weighted by molar-refractivity contribution is -0.124. The van der Waals surface area contributed by atoms with Crippen molar-refractivity contribution in [2.75, 3.05) is 5.32 Å². The Morgan fingerprint density at radius 2 is 1.96 bits per heavy atom. The number of carbonyl (C=O) groups excluding carboxylic acids is 1. The monoisotopic (exact) mass is 377 g/mol. The second-order valence-corrected chi connectivity index (χ2v) is 7.81. The number of fused-ring (bicyclic) bond motifs is 1. The van der Waals surface area contributed by atoms with Crippen LogP contribution in [0.25, 0.3) is 10.9 Å². The summed E-state index contributed by atoms with van der Waals surface area (Å²) in [4.78, 5) is 13.1. The number of nitrogens with one attached hydrogen (secondary N) is 2. The van der Waals surface area contributed by atoms with E-state index in [1.54, 1.807) is 11.7 Å². The average Bonchev–Trinajstić information content (AvgIpc) is 3.33. The highest BCUT2D eigenvalue weighted by Crippen LogP contribution is 2.42. The van der Waals surface area contributed by atoms with E-state index in [2.05, 4.69) is 50.0 Å². The zero-order chi connectivity index (χ0) is 18.9. The summed E-state index contributed by atoms with van der Waals surface area (Å²) in [7, 11) is 0. The molecule has 2 heterocycles. The van der Waals surface area contributed by atoms with E-state index in [1.807, 2.05) is 38.1 Å². The van der Waals surface area contributed by atoms with E-state index in [-0.39, 0.29) is 11.8 Å². The van der Waals surface area contributed by atoms with Crippen LogP contribution in [0.3, 0.4) is 0 Å². The van der Waals surface area contributed by atoms with Crippen molar-refractivity contribution < 1.29 is 4.79 Å². The van der Waals surface area contributed by atoms with Crippen LogP contribution in [0, 0.1) is 5.41 Å². The minimum Gasteiger partial charge on any atom is -0.300 e. The van der Waals surface area contributed by atoms with Gasteiger partial charge in [0, 0.05) is 11.3 Å². The van der Waals surface area contributed by atoms with Gasteiger partial charge in [-0.25, -0.2) is 0 Å². The molecule has 0 unspecified atom stereocenters. The van der Waals surface area contributed by atoms with E-state index in [1.165, 1.54) is 11.3 Å². The van der Waals surface area contributed by atoms with Crippen molar-refractivity contribution in [2.24, 2.45) is 5.41 Å². The van der Waals surface area contributed by atoms with Crippen LogP contribution in [0.2, 0.25) is 0 Å². The van der Waals surface area contributed by atoms with Crippen LogP contribution >= 0.6 is 11.3 Å². The summed E-state index contributed by atoms with van der Waals surface area (Å²) < 4.78 is 0. The molecule has 2 aromatic carbocycles. The van der Waals surface area contributed by atoms with Crippen molar-refractivity contribution in [3.63, 3.8) is 0 Å². The Labute approximate surface area is 160 Å². The van der Waals surface area contributed by atoms with E-state index < -0.39 is 5.41 Å². The Bertz CT molecular complexity index is 1060. The number of hydrogen-bond acceptors (Lipinski definition) is 5. The first kappa shape index (κ1) is 17.4. The van der Waals surface area contributed by atoms with Gasteiger partial charge in [0.25, 0.3) is 0 Å². The lowest BCUT2D eigenvalue weighted by Gasteiger charge is -2.33. The smallest absolute Gasteiger partial charge is 0.232 e. The fraction of sp³-hybridized carbons (Fsp3) is 0.200. The summed E-state index contributed by atoms with van der Waals surface area (Å²) in [5, 5.41) is 19.2. The normalized spacial score (nSPS) is 12.8. The summed E-state index contributed by atoms with van der Waals surface area (Å²) in [5.74, 6) is -0.230. The van der Waals surface area contributed by atoms with E-state index in [9.17, 15) is 4.79 Å². The molecule has 7 heteroatoms. The standard InChI is InChI=1S/C20H19N5OS/c1-20(2,18(26)23-19-25-22-12-27-19)17(13-6-4-3-5-7-13)14-8-9-16-15(10-14)11-21-24-16/h3-12,17H,1-2H3,(H,21,24)(H,23,25,26)/t17-/m1/s1. The van der Waals surface area contributed by atoms with Crippen molar-refractivity contribution in [1.82, 2.24) is 20.4 Å². The van der Waals surface area contributed by atoms with Gasteiger partial charge in [-0.1, -0.05) is 61.6 Å². The zero-order valence-corrected chi connectivity index (χ0v) is 15.8. The van der Waals surface area contributed by atoms with Gasteiger partial charge in [-0.2, -0.15) is 5.10 Å². The lowest BCUT2D eigenvalue weighted by Crippen LogP contribution is -2.37. The van der Waals surface area contributed by atoms with Crippen molar-refractivity contribution in [1.29, 1.82) is 0 Å². The molecule has 0 aliphatic rings. The number of nitrogens with zero attached hydrogens (tertiary/aromatic N) is 3. The number of hydrogen-bond donors (Lipinski definition) is 2. The van der Waals surface area contributed by atoms with Crippen molar-refractivity contribution in [2.45, 2.75) is 19.8 Å². The fourth-order valence-corrected chi connectivity index (χ4v) is 3.87. The molecule has 136 valence electrons. The zero-order valence-electron chi connectivity index (χ0n) is 15.0. The number of aromatic nitrogens is 4. The van der Waals surface area contributed by atoms with Gasteiger partial charge < -0.3 is 5.32 Å². The third-order valence-corrected chi connectivity index (χ3v) is 5.42. The van der Waals surface area contributed by atoms with E-state index in [4.69, 9.17) is 0 Å². The molecule has 0 radical (unpaired) electrons. The van der Waals surface area contributed by atoms with Crippen LogP contribution in [0.1, 0.15) is 30.9 Å². The predicted octanol–water partition coefficient (Wildman–Crippen LogP) is 4.21. The molecule has 4 aromatic rings. The summed E-state index contributed by atoms with van der Waals surface area (Å²) in [6.07, 6.45) is 1.80. The van der Waals surface area contributed by atoms with Gasteiger partial charge in [0.05, 0.1) is 17.1 Å². The largest absolute Gasteiger partial charge is 0.300 e. The molecule has 2 N–H and O–H groups in total.